The Hall–Kier alpha value is -2.21. The van der Waals surface area contributed by atoms with Crippen LogP contribution in [0.15, 0.2) is 4.99 Å². The largest absolute Gasteiger partial charge is 0.394 e. The van der Waals surface area contributed by atoms with Crippen LogP contribution < -0.4 is 22.5 Å². The number of likely N-dealkylation sites (tertiary alicyclic amines) is 1. The van der Waals surface area contributed by atoms with E-state index in [1.54, 1.807) is 0 Å². The van der Waals surface area contributed by atoms with Crippen LogP contribution >= 0.6 is 11.6 Å². The zero-order valence-electron chi connectivity index (χ0n) is 16.9. The van der Waals surface area contributed by atoms with Crippen molar-refractivity contribution in [3.05, 3.63) is 10.8 Å². The minimum Gasteiger partial charge on any atom is -0.394 e. The lowest BCUT2D eigenvalue weighted by Gasteiger charge is -2.32. The fourth-order valence-electron chi connectivity index (χ4n) is 3.38. The molecule has 0 aromatic carbocycles. The van der Waals surface area contributed by atoms with Crippen molar-refractivity contribution in [2.24, 2.45) is 16.6 Å². The average Bonchev–Trinajstić information content (AvgIpc) is 2.71. The third kappa shape index (κ3) is 8.82. The van der Waals surface area contributed by atoms with Gasteiger partial charge in [0.25, 0.3) is 5.91 Å². The first-order chi connectivity index (χ1) is 14.3. The van der Waals surface area contributed by atoms with Crippen molar-refractivity contribution in [1.82, 2.24) is 20.2 Å². The van der Waals surface area contributed by atoms with E-state index in [0.717, 1.165) is 45.2 Å². The van der Waals surface area contributed by atoms with Crippen LogP contribution in [-0.2, 0) is 0 Å². The van der Waals surface area contributed by atoms with E-state index in [2.05, 4.69) is 25.2 Å². The van der Waals surface area contributed by atoms with Crippen molar-refractivity contribution in [3.63, 3.8) is 0 Å². The maximum Gasteiger partial charge on any atom is 0.280 e. The van der Waals surface area contributed by atoms with E-state index >= 15 is 0 Å². The maximum atomic E-state index is 12.2. The number of piperidine rings is 1. The second-order valence-electron chi connectivity index (χ2n) is 7.43. The summed E-state index contributed by atoms with van der Waals surface area (Å²) in [5.41, 5.74) is 16.7. The fraction of sp³-hybridized carbons (Fsp3) is 0.684. The number of aliphatic hydroxyl groups is 2. The van der Waals surface area contributed by atoms with Crippen molar-refractivity contribution in [1.29, 1.82) is 0 Å². The van der Waals surface area contributed by atoms with Gasteiger partial charge in [-0.3, -0.25) is 15.1 Å². The number of hydrogen-bond acceptors (Lipinski definition) is 9. The number of aliphatic imine (C=N–C) groups is 1. The molecule has 1 fully saturated rings. The van der Waals surface area contributed by atoms with Crippen molar-refractivity contribution < 1.29 is 15.0 Å². The average molecular weight is 459 g/mol. The molecule has 12 heteroatoms. The Kier molecular flexibility index (Phi) is 11.5. The third-order valence-electron chi connectivity index (χ3n) is 5.05. The molecule has 0 spiro atoms. The summed E-state index contributed by atoms with van der Waals surface area (Å²) in [6.45, 7) is 2.72. The zero-order chi connectivity index (χ0) is 22.1. The number of hydrogen-bond donors (Lipinski definition) is 6. The molecule has 31 heavy (non-hydrogen) atoms. The van der Waals surface area contributed by atoms with Crippen LogP contribution in [0.2, 0.25) is 5.15 Å². The molecule has 0 aliphatic carbocycles. The Morgan fingerprint density at radius 1 is 1.26 bits per heavy atom. The van der Waals surface area contributed by atoms with Gasteiger partial charge in [-0.1, -0.05) is 31.9 Å². The minimum absolute atomic E-state index is 0. The van der Waals surface area contributed by atoms with Gasteiger partial charge in [0.1, 0.15) is 0 Å². The predicted octanol–water partition coefficient (Wildman–Crippen LogP) is 0.211. The minimum atomic E-state index is -0.661. The molecule has 1 aliphatic heterocycles. The van der Waals surface area contributed by atoms with Gasteiger partial charge in [-0.2, -0.15) is 0 Å². The molecule has 11 nitrogen and oxygen atoms in total. The van der Waals surface area contributed by atoms with Crippen molar-refractivity contribution in [2.75, 3.05) is 44.3 Å². The topological polar surface area (TPSA) is 189 Å². The predicted molar refractivity (Wildman–Crippen MR) is 123 cm³/mol. The zero-order valence-corrected chi connectivity index (χ0v) is 17.7. The van der Waals surface area contributed by atoms with Crippen molar-refractivity contribution in [3.8, 4) is 0 Å². The van der Waals surface area contributed by atoms with Crippen LogP contribution in [0.25, 0.3) is 0 Å². The van der Waals surface area contributed by atoms with E-state index in [0.29, 0.717) is 19.0 Å². The van der Waals surface area contributed by atoms with Gasteiger partial charge in [0.2, 0.25) is 0 Å². The van der Waals surface area contributed by atoms with Crippen LogP contribution in [-0.4, -0.2) is 75.8 Å². The quantitative estimate of drug-likeness (QED) is 0.170. The number of nitrogens with zero attached hydrogens (tertiary/aromatic N) is 4. The Balaban J connectivity index is 0.00000480. The van der Waals surface area contributed by atoms with E-state index < -0.39 is 12.0 Å². The number of unbranched alkanes of at least 4 members (excludes halogenated alkanes) is 1. The molecular weight excluding hydrogens is 424 g/mol. The summed E-state index contributed by atoms with van der Waals surface area (Å²) >= 11 is 5.77. The molecule has 1 aromatic rings. The summed E-state index contributed by atoms with van der Waals surface area (Å²) in [7, 11) is 0. The Bertz CT molecular complexity index is 741. The number of β-amino-alcohol motifs (C(OH)–C–C–N with tert-alkyl or cyclic N) is 1. The summed E-state index contributed by atoms with van der Waals surface area (Å²) in [5.74, 6) is -0.212. The molecule has 0 radical (unpaired) electrons. The number of amides is 1. The number of nitrogen functional groups attached to an aromatic ring is 2. The number of carbonyl (C=O) groups is 1. The van der Waals surface area contributed by atoms with E-state index in [4.69, 9.17) is 33.9 Å². The summed E-state index contributed by atoms with van der Waals surface area (Å²) in [6, 6.07) is 0. The van der Waals surface area contributed by atoms with Crippen molar-refractivity contribution in [2.45, 2.75) is 45.6 Å². The fourth-order valence-corrected chi connectivity index (χ4v) is 3.51. The van der Waals surface area contributed by atoms with Gasteiger partial charge >= 0.3 is 0 Å². The first-order valence-electron chi connectivity index (χ1n) is 10.0. The lowest BCUT2D eigenvalue weighted by atomic mass is 9.91. The van der Waals surface area contributed by atoms with E-state index in [9.17, 15) is 9.90 Å². The van der Waals surface area contributed by atoms with Crippen molar-refractivity contribution >= 4 is 35.1 Å². The first kappa shape index (κ1) is 26.8. The summed E-state index contributed by atoms with van der Waals surface area (Å²) < 4.78 is 0. The highest BCUT2D eigenvalue weighted by atomic mass is 35.5. The molecule has 1 aromatic heterocycles. The molecule has 0 bridgehead atoms. The Morgan fingerprint density at radius 3 is 2.58 bits per heavy atom. The third-order valence-corrected chi connectivity index (χ3v) is 5.33. The van der Waals surface area contributed by atoms with Crippen LogP contribution in [0.3, 0.4) is 0 Å². The van der Waals surface area contributed by atoms with Crippen LogP contribution in [0.1, 0.15) is 50.0 Å². The highest BCUT2D eigenvalue weighted by Gasteiger charge is 2.20. The molecule has 1 aliphatic rings. The molecule has 2 heterocycles. The normalized spacial score (nSPS) is 16.5. The molecule has 1 saturated heterocycles. The van der Waals surface area contributed by atoms with Crippen LogP contribution in [0, 0.1) is 5.92 Å². The van der Waals surface area contributed by atoms with E-state index in [-0.39, 0.29) is 42.5 Å². The van der Waals surface area contributed by atoms with Gasteiger partial charge in [0, 0.05) is 13.1 Å². The number of aromatic nitrogens is 2. The number of halogens is 1. The standard InChI is InChI=1S/C18H31ClN8O3.CH4/c19-14-16(21)25-15(20)13(24-14)17(30)26-18(22)23-6-2-1-3-11-4-7-27(8-5-11)9-12(29)10-28;/h11-12,28-29H,1-10H2,(H4,20,21,25)(H3,22,23,26,30);1H4. The van der Waals surface area contributed by atoms with Gasteiger partial charge < -0.3 is 32.3 Å². The number of carbonyl (C=O) groups excluding carboxylic acids is 1. The highest BCUT2D eigenvalue weighted by molar-refractivity contribution is 6.31. The number of nitrogens with two attached hydrogens (primary N) is 3. The summed E-state index contributed by atoms with van der Waals surface area (Å²) in [4.78, 5) is 26.1. The molecule has 1 unspecified atom stereocenters. The van der Waals surface area contributed by atoms with Gasteiger partial charge in [0.15, 0.2) is 28.4 Å². The highest BCUT2D eigenvalue weighted by Crippen LogP contribution is 2.22. The molecule has 9 N–H and O–H groups in total. The maximum absolute atomic E-state index is 12.2. The SMILES string of the molecule is C.NC(=NCCCCC1CCN(CC(O)CO)CC1)NC(=O)c1nc(Cl)c(N)nc1N. The number of aliphatic hydroxyl groups excluding tert-OH is 2. The molecule has 176 valence electrons. The second-order valence-corrected chi connectivity index (χ2v) is 7.79. The van der Waals surface area contributed by atoms with Gasteiger partial charge in [-0.15, -0.1) is 0 Å². The Labute approximate surface area is 188 Å². The summed E-state index contributed by atoms with van der Waals surface area (Å²) in [6.07, 6.45) is 4.49. The number of anilines is 2. The monoisotopic (exact) mass is 458 g/mol. The van der Waals surface area contributed by atoms with Crippen LogP contribution in [0.4, 0.5) is 11.6 Å². The molecule has 0 saturated carbocycles. The molecule has 2 rings (SSSR count). The molecular formula is C19H35ClN8O3. The van der Waals surface area contributed by atoms with E-state index in [1.165, 1.54) is 0 Å². The smallest absolute Gasteiger partial charge is 0.280 e. The van der Waals surface area contributed by atoms with Gasteiger partial charge in [-0.25, -0.2) is 9.97 Å². The first-order valence-corrected chi connectivity index (χ1v) is 10.4. The second kappa shape index (κ2) is 13.3. The summed E-state index contributed by atoms with van der Waals surface area (Å²) in [5, 5.41) is 20.7. The van der Waals surface area contributed by atoms with Crippen LogP contribution in [0.5, 0.6) is 0 Å². The molecule has 1 amide bonds. The number of nitrogens with one attached hydrogen (secondary N) is 1. The van der Waals surface area contributed by atoms with E-state index in [1.807, 2.05) is 0 Å². The lowest BCUT2D eigenvalue weighted by Crippen LogP contribution is -2.39. The lowest BCUT2D eigenvalue weighted by molar-refractivity contribution is 0.0467. The molecule has 1 atom stereocenters. The van der Waals surface area contributed by atoms with Gasteiger partial charge in [-0.05, 0) is 38.3 Å². The number of guanidine groups is 1. The Morgan fingerprint density at radius 2 is 1.94 bits per heavy atom. The number of rotatable bonds is 9. The van der Waals surface area contributed by atoms with Gasteiger partial charge in [0.05, 0.1) is 12.7 Å².